The van der Waals surface area contributed by atoms with Crippen LogP contribution in [0.15, 0.2) is 34.7 Å². The van der Waals surface area contributed by atoms with Crippen molar-refractivity contribution in [3.05, 3.63) is 46.9 Å². The van der Waals surface area contributed by atoms with Crippen LogP contribution in [-0.4, -0.2) is 40.8 Å². The standard InChI is InChI=1S/C21H23ClN4O3/c1-2-28-21(27)15-4-5-17-16(13-15)23-20(29-17)8-3-14-9-11-26(12-10-14)19-7-6-18(22)24-25-19/h4-7,13-14H,2-3,8-12H2,1H3. The van der Waals surface area contributed by atoms with E-state index in [0.29, 0.717) is 40.2 Å². The van der Waals surface area contributed by atoms with Gasteiger partial charge in [-0.05, 0) is 62.4 Å². The fraction of sp³-hybridized carbons (Fsp3) is 0.429. The third kappa shape index (κ3) is 4.67. The van der Waals surface area contributed by atoms with Gasteiger partial charge >= 0.3 is 5.97 Å². The van der Waals surface area contributed by atoms with Crippen molar-refractivity contribution in [2.24, 2.45) is 5.92 Å². The van der Waals surface area contributed by atoms with Crippen molar-refractivity contribution < 1.29 is 13.9 Å². The molecule has 1 aliphatic rings. The first-order valence-corrected chi connectivity index (χ1v) is 10.3. The molecule has 29 heavy (non-hydrogen) atoms. The summed E-state index contributed by atoms with van der Waals surface area (Å²) in [7, 11) is 0. The van der Waals surface area contributed by atoms with Gasteiger partial charge in [-0.25, -0.2) is 9.78 Å². The molecule has 152 valence electrons. The smallest absolute Gasteiger partial charge is 0.338 e. The number of anilines is 1. The van der Waals surface area contributed by atoms with Crippen molar-refractivity contribution in [2.75, 3.05) is 24.6 Å². The first-order chi connectivity index (χ1) is 14.1. The Kier molecular flexibility index (Phi) is 5.94. The average Bonchev–Trinajstić information content (AvgIpc) is 3.15. The van der Waals surface area contributed by atoms with Crippen LogP contribution >= 0.6 is 11.6 Å². The molecule has 0 atom stereocenters. The molecule has 3 aromatic rings. The lowest BCUT2D eigenvalue weighted by Gasteiger charge is -2.32. The minimum Gasteiger partial charge on any atom is -0.462 e. The Bertz CT molecular complexity index is 981. The number of carbonyl (C=O) groups is 1. The number of piperidine rings is 1. The zero-order valence-electron chi connectivity index (χ0n) is 16.3. The van der Waals surface area contributed by atoms with Crippen LogP contribution in [0.4, 0.5) is 5.82 Å². The van der Waals surface area contributed by atoms with Crippen molar-refractivity contribution in [1.82, 2.24) is 15.2 Å². The van der Waals surface area contributed by atoms with E-state index in [0.717, 1.165) is 44.6 Å². The number of esters is 1. The van der Waals surface area contributed by atoms with E-state index in [1.54, 1.807) is 31.2 Å². The topological polar surface area (TPSA) is 81.4 Å². The minimum atomic E-state index is -0.337. The predicted octanol–water partition coefficient (Wildman–Crippen LogP) is 4.30. The lowest BCUT2D eigenvalue weighted by atomic mass is 9.92. The first-order valence-electron chi connectivity index (χ1n) is 9.93. The number of halogens is 1. The van der Waals surface area contributed by atoms with Gasteiger partial charge in [-0.3, -0.25) is 0 Å². The van der Waals surface area contributed by atoms with E-state index in [2.05, 4.69) is 20.1 Å². The highest BCUT2D eigenvalue weighted by Gasteiger charge is 2.21. The molecule has 3 heterocycles. The average molecular weight is 415 g/mol. The Hall–Kier alpha value is -2.67. The molecule has 4 rings (SSSR count). The van der Waals surface area contributed by atoms with Gasteiger partial charge in [-0.15, -0.1) is 10.2 Å². The zero-order chi connectivity index (χ0) is 20.2. The summed E-state index contributed by atoms with van der Waals surface area (Å²) in [5.41, 5.74) is 1.89. The molecule has 1 fully saturated rings. The Labute approximate surface area is 174 Å². The fourth-order valence-corrected chi connectivity index (χ4v) is 3.78. The van der Waals surface area contributed by atoms with E-state index in [1.807, 2.05) is 6.07 Å². The summed E-state index contributed by atoms with van der Waals surface area (Å²) in [6.45, 7) is 4.05. The number of benzene rings is 1. The highest BCUT2D eigenvalue weighted by Crippen LogP contribution is 2.26. The monoisotopic (exact) mass is 414 g/mol. The summed E-state index contributed by atoms with van der Waals surface area (Å²) in [6, 6.07) is 8.91. The normalized spacial score (nSPS) is 15.0. The number of rotatable bonds is 6. The van der Waals surface area contributed by atoms with Crippen LogP contribution in [0.25, 0.3) is 11.1 Å². The maximum atomic E-state index is 11.9. The van der Waals surface area contributed by atoms with Crippen LogP contribution in [-0.2, 0) is 11.2 Å². The van der Waals surface area contributed by atoms with Gasteiger partial charge in [0.25, 0.3) is 0 Å². The molecule has 2 aromatic heterocycles. The van der Waals surface area contributed by atoms with E-state index < -0.39 is 0 Å². The first kappa shape index (κ1) is 19.6. The van der Waals surface area contributed by atoms with Gasteiger partial charge in [0.1, 0.15) is 5.52 Å². The van der Waals surface area contributed by atoms with Crippen LogP contribution in [0.3, 0.4) is 0 Å². The van der Waals surface area contributed by atoms with Crippen LogP contribution < -0.4 is 4.90 Å². The second kappa shape index (κ2) is 8.78. The van der Waals surface area contributed by atoms with Gasteiger partial charge in [-0.2, -0.15) is 0 Å². The second-order valence-corrected chi connectivity index (χ2v) is 7.58. The van der Waals surface area contributed by atoms with Gasteiger partial charge in [0.2, 0.25) is 0 Å². The van der Waals surface area contributed by atoms with E-state index >= 15 is 0 Å². The molecule has 1 aromatic carbocycles. The van der Waals surface area contributed by atoms with Crippen molar-refractivity contribution in [1.29, 1.82) is 0 Å². The molecule has 0 radical (unpaired) electrons. The molecule has 0 aliphatic carbocycles. The van der Waals surface area contributed by atoms with Crippen molar-refractivity contribution in [2.45, 2.75) is 32.6 Å². The molecule has 0 unspecified atom stereocenters. The number of hydrogen-bond acceptors (Lipinski definition) is 7. The zero-order valence-corrected chi connectivity index (χ0v) is 17.1. The highest BCUT2D eigenvalue weighted by atomic mass is 35.5. The number of nitrogens with zero attached hydrogens (tertiary/aromatic N) is 4. The summed E-state index contributed by atoms with van der Waals surface area (Å²) < 4.78 is 10.9. The summed E-state index contributed by atoms with van der Waals surface area (Å²) in [5, 5.41) is 8.50. The number of fused-ring (bicyclic) bond motifs is 1. The van der Waals surface area contributed by atoms with Crippen LogP contribution in [0.2, 0.25) is 5.15 Å². The molecule has 0 spiro atoms. The molecular weight excluding hydrogens is 392 g/mol. The van der Waals surface area contributed by atoms with Gasteiger partial charge < -0.3 is 14.1 Å². The maximum Gasteiger partial charge on any atom is 0.338 e. The third-order valence-corrected chi connectivity index (χ3v) is 5.47. The molecule has 7 nitrogen and oxygen atoms in total. The van der Waals surface area contributed by atoms with Gasteiger partial charge in [0.15, 0.2) is 22.4 Å². The lowest BCUT2D eigenvalue weighted by molar-refractivity contribution is 0.0526. The van der Waals surface area contributed by atoms with E-state index in [-0.39, 0.29) is 5.97 Å². The molecule has 1 aliphatic heterocycles. The number of aromatic nitrogens is 3. The van der Waals surface area contributed by atoms with E-state index in [9.17, 15) is 4.79 Å². The van der Waals surface area contributed by atoms with Crippen LogP contribution in [0.5, 0.6) is 0 Å². The van der Waals surface area contributed by atoms with Gasteiger partial charge in [0.05, 0.1) is 12.2 Å². The van der Waals surface area contributed by atoms with Crippen molar-refractivity contribution >= 4 is 34.5 Å². The molecular formula is C21H23ClN4O3. The van der Waals surface area contributed by atoms with Crippen molar-refractivity contribution in [3.63, 3.8) is 0 Å². The summed E-state index contributed by atoms with van der Waals surface area (Å²) in [6.07, 6.45) is 4.00. The molecule has 8 heteroatoms. The number of aryl methyl sites for hydroxylation is 1. The molecule has 0 bridgehead atoms. The quantitative estimate of drug-likeness (QED) is 0.556. The number of hydrogen-bond donors (Lipinski definition) is 0. The van der Waals surface area contributed by atoms with Gasteiger partial charge in [0, 0.05) is 19.5 Å². The Morgan fingerprint density at radius 3 is 2.79 bits per heavy atom. The molecule has 0 N–H and O–H groups in total. The largest absolute Gasteiger partial charge is 0.462 e. The fourth-order valence-electron chi connectivity index (χ4n) is 3.68. The van der Waals surface area contributed by atoms with E-state index in [1.165, 1.54) is 0 Å². The predicted molar refractivity (Wildman–Crippen MR) is 110 cm³/mol. The minimum absolute atomic E-state index is 0.337. The maximum absolute atomic E-state index is 11.9. The summed E-state index contributed by atoms with van der Waals surface area (Å²) >= 11 is 5.81. The Balaban J connectivity index is 1.32. The van der Waals surface area contributed by atoms with Gasteiger partial charge in [-0.1, -0.05) is 11.6 Å². The summed E-state index contributed by atoms with van der Waals surface area (Å²) in [4.78, 5) is 18.7. The van der Waals surface area contributed by atoms with Crippen LogP contribution in [0.1, 0.15) is 42.4 Å². The number of oxazole rings is 1. The molecule has 0 amide bonds. The van der Waals surface area contributed by atoms with Crippen molar-refractivity contribution in [3.8, 4) is 0 Å². The Morgan fingerprint density at radius 1 is 1.24 bits per heavy atom. The summed E-state index contributed by atoms with van der Waals surface area (Å²) in [5.74, 6) is 1.88. The molecule has 1 saturated heterocycles. The Morgan fingerprint density at radius 2 is 2.07 bits per heavy atom. The third-order valence-electron chi connectivity index (χ3n) is 5.27. The number of ether oxygens (including phenoxy) is 1. The highest BCUT2D eigenvalue weighted by molar-refractivity contribution is 6.29. The molecule has 0 saturated carbocycles. The van der Waals surface area contributed by atoms with E-state index in [4.69, 9.17) is 20.8 Å². The number of carbonyl (C=O) groups excluding carboxylic acids is 1. The SMILES string of the molecule is CCOC(=O)c1ccc2oc(CCC3CCN(c4ccc(Cl)nn4)CC3)nc2c1. The second-order valence-electron chi connectivity index (χ2n) is 7.19. The lowest BCUT2D eigenvalue weighted by Crippen LogP contribution is -2.34. The van der Waals surface area contributed by atoms with Crippen LogP contribution in [0, 0.1) is 5.92 Å².